The van der Waals surface area contributed by atoms with Crippen molar-refractivity contribution in [3.05, 3.63) is 17.3 Å². The van der Waals surface area contributed by atoms with Crippen molar-refractivity contribution < 1.29 is 4.79 Å². The second kappa shape index (κ2) is 5.22. The van der Waals surface area contributed by atoms with Gasteiger partial charge in [0.2, 0.25) is 11.9 Å². The van der Waals surface area contributed by atoms with Gasteiger partial charge >= 0.3 is 0 Å². The first-order chi connectivity index (χ1) is 8.61. The summed E-state index contributed by atoms with van der Waals surface area (Å²) < 4.78 is 1.71. The minimum atomic E-state index is -0.0206. The van der Waals surface area contributed by atoms with Gasteiger partial charge in [0.15, 0.2) is 5.65 Å². The molecule has 7 heteroatoms. The molecule has 18 heavy (non-hydrogen) atoms. The molecular weight excluding hydrogens is 254 g/mol. The maximum Gasteiger partial charge on any atom is 0.221 e. The Kier molecular flexibility index (Phi) is 3.66. The third-order valence-electron chi connectivity index (χ3n) is 2.52. The highest BCUT2D eigenvalue weighted by atomic mass is 35.5. The molecule has 6 nitrogen and oxygen atoms in total. The van der Waals surface area contributed by atoms with Gasteiger partial charge in [-0.3, -0.25) is 9.36 Å². The molecule has 1 amide bonds. The van der Waals surface area contributed by atoms with Gasteiger partial charge in [-0.2, -0.15) is 0 Å². The molecule has 2 aromatic heterocycles. The van der Waals surface area contributed by atoms with Gasteiger partial charge in [-0.25, -0.2) is 9.97 Å². The van der Waals surface area contributed by atoms with Crippen molar-refractivity contribution in [2.75, 3.05) is 12.3 Å². The Morgan fingerprint density at radius 2 is 2.39 bits per heavy atom. The van der Waals surface area contributed by atoms with Crippen LogP contribution in [0.4, 0.5) is 5.95 Å². The Morgan fingerprint density at radius 1 is 1.61 bits per heavy atom. The summed E-state index contributed by atoms with van der Waals surface area (Å²) in [5.41, 5.74) is 7.08. The number of imidazole rings is 1. The number of aryl methyl sites for hydroxylation is 1. The maximum atomic E-state index is 11.4. The molecule has 0 fully saturated rings. The highest BCUT2D eigenvalue weighted by molar-refractivity contribution is 6.31. The molecule has 0 aliphatic heterocycles. The van der Waals surface area contributed by atoms with Gasteiger partial charge in [0, 0.05) is 25.7 Å². The van der Waals surface area contributed by atoms with Gasteiger partial charge in [0.25, 0.3) is 0 Å². The Labute approximate surface area is 109 Å². The molecule has 0 bridgehead atoms. The lowest BCUT2D eigenvalue weighted by Gasteiger charge is -2.05. The van der Waals surface area contributed by atoms with Crippen LogP contribution in [0.25, 0.3) is 11.2 Å². The molecule has 96 valence electrons. The van der Waals surface area contributed by atoms with Crippen LogP contribution in [0.1, 0.15) is 13.3 Å². The van der Waals surface area contributed by atoms with E-state index in [9.17, 15) is 4.79 Å². The summed E-state index contributed by atoms with van der Waals surface area (Å²) in [6.07, 6.45) is 1.88. The predicted octanol–water partition coefficient (Wildman–Crippen LogP) is 1.19. The molecule has 0 aliphatic rings. The van der Waals surface area contributed by atoms with Gasteiger partial charge in [0.1, 0.15) is 5.52 Å². The van der Waals surface area contributed by atoms with Gasteiger partial charge in [-0.1, -0.05) is 11.6 Å². The number of carbonyl (C=O) groups is 1. The Morgan fingerprint density at radius 3 is 3.11 bits per heavy atom. The van der Waals surface area contributed by atoms with Gasteiger partial charge < -0.3 is 11.1 Å². The molecule has 0 aromatic carbocycles. The Balaban J connectivity index is 2.22. The molecule has 0 unspecified atom stereocenters. The summed E-state index contributed by atoms with van der Waals surface area (Å²) in [5.74, 6) is 0.316. The number of aromatic nitrogens is 3. The number of anilines is 1. The normalized spacial score (nSPS) is 10.8. The number of carbonyl (C=O) groups excluding carboxylic acids is 1. The van der Waals surface area contributed by atoms with Crippen LogP contribution in [-0.4, -0.2) is 27.0 Å². The molecule has 0 radical (unpaired) electrons. The third kappa shape index (κ3) is 2.53. The SMILES string of the molecule is CCNC(=O)CCn1c(N)nc2cc(Cl)cnc21. The monoisotopic (exact) mass is 267 g/mol. The smallest absolute Gasteiger partial charge is 0.221 e. The molecule has 2 heterocycles. The summed E-state index contributed by atoms with van der Waals surface area (Å²) in [7, 11) is 0. The van der Waals surface area contributed by atoms with Crippen LogP contribution in [0, 0.1) is 0 Å². The molecule has 0 spiro atoms. The number of hydrogen-bond acceptors (Lipinski definition) is 4. The molecular formula is C11H14ClN5O. The van der Waals surface area contributed by atoms with Crippen LogP contribution >= 0.6 is 11.6 Å². The molecule has 0 saturated heterocycles. The summed E-state index contributed by atoms with van der Waals surface area (Å²) >= 11 is 5.83. The van der Waals surface area contributed by atoms with E-state index >= 15 is 0 Å². The number of nitrogen functional groups attached to an aromatic ring is 1. The average molecular weight is 268 g/mol. The average Bonchev–Trinajstić information content (AvgIpc) is 2.61. The molecule has 2 aromatic rings. The fraction of sp³-hybridized carbons (Fsp3) is 0.364. The number of nitrogens with two attached hydrogens (primary N) is 1. The van der Waals surface area contributed by atoms with E-state index in [2.05, 4.69) is 15.3 Å². The first kappa shape index (κ1) is 12.6. The Hall–Kier alpha value is -1.82. The van der Waals surface area contributed by atoms with E-state index < -0.39 is 0 Å². The van der Waals surface area contributed by atoms with Gasteiger partial charge in [-0.15, -0.1) is 0 Å². The fourth-order valence-electron chi connectivity index (χ4n) is 1.72. The largest absolute Gasteiger partial charge is 0.369 e. The zero-order chi connectivity index (χ0) is 13.1. The molecule has 0 saturated carbocycles. The number of nitrogens with one attached hydrogen (secondary N) is 1. The minimum Gasteiger partial charge on any atom is -0.369 e. The second-order valence-electron chi connectivity index (χ2n) is 3.82. The zero-order valence-electron chi connectivity index (χ0n) is 9.98. The number of halogens is 1. The highest BCUT2D eigenvalue weighted by Gasteiger charge is 2.11. The topological polar surface area (TPSA) is 85.8 Å². The van der Waals surface area contributed by atoms with Crippen LogP contribution in [-0.2, 0) is 11.3 Å². The van der Waals surface area contributed by atoms with Crippen LogP contribution < -0.4 is 11.1 Å². The van der Waals surface area contributed by atoms with Gasteiger partial charge in [0.05, 0.1) is 5.02 Å². The lowest BCUT2D eigenvalue weighted by Crippen LogP contribution is -2.24. The summed E-state index contributed by atoms with van der Waals surface area (Å²) in [5, 5.41) is 3.24. The molecule has 3 N–H and O–H groups in total. The molecule has 0 atom stereocenters. The van der Waals surface area contributed by atoms with Crippen molar-refractivity contribution in [2.24, 2.45) is 0 Å². The van der Waals surface area contributed by atoms with Gasteiger partial charge in [-0.05, 0) is 13.0 Å². The van der Waals surface area contributed by atoms with Crippen molar-refractivity contribution in [1.29, 1.82) is 0 Å². The number of rotatable bonds is 4. The van der Waals surface area contributed by atoms with Crippen molar-refractivity contribution >= 4 is 34.6 Å². The maximum absolute atomic E-state index is 11.4. The van der Waals surface area contributed by atoms with E-state index in [-0.39, 0.29) is 5.91 Å². The number of amides is 1. The molecule has 2 rings (SSSR count). The first-order valence-corrected chi connectivity index (χ1v) is 6.03. The highest BCUT2D eigenvalue weighted by Crippen LogP contribution is 2.19. The molecule has 0 aliphatic carbocycles. The van der Waals surface area contributed by atoms with Crippen molar-refractivity contribution in [2.45, 2.75) is 19.9 Å². The number of hydrogen-bond donors (Lipinski definition) is 2. The third-order valence-corrected chi connectivity index (χ3v) is 2.72. The van der Waals surface area contributed by atoms with E-state index in [0.717, 1.165) is 0 Å². The lowest BCUT2D eigenvalue weighted by atomic mass is 10.4. The van der Waals surface area contributed by atoms with Crippen LogP contribution in [0.3, 0.4) is 0 Å². The van der Waals surface area contributed by atoms with Crippen LogP contribution in [0.15, 0.2) is 12.3 Å². The summed E-state index contributed by atoms with van der Waals surface area (Å²) in [6.45, 7) is 2.94. The standard InChI is InChI=1S/C11H14ClN5O/c1-2-14-9(18)3-4-17-10-8(16-11(17)13)5-7(12)6-15-10/h5-6H,2-4H2,1H3,(H2,13,16)(H,14,18). The predicted molar refractivity (Wildman–Crippen MR) is 70.3 cm³/mol. The van der Waals surface area contributed by atoms with E-state index in [1.807, 2.05) is 6.92 Å². The Bertz CT molecular complexity index is 580. The minimum absolute atomic E-state index is 0.0206. The number of nitrogens with zero attached hydrogens (tertiary/aromatic N) is 3. The van der Waals surface area contributed by atoms with E-state index in [0.29, 0.717) is 41.6 Å². The fourth-order valence-corrected chi connectivity index (χ4v) is 1.88. The van der Waals surface area contributed by atoms with Crippen LogP contribution in [0.2, 0.25) is 5.02 Å². The van der Waals surface area contributed by atoms with Crippen LogP contribution in [0.5, 0.6) is 0 Å². The first-order valence-electron chi connectivity index (χ1n) is 5.65. The zero-order valence-corrected chi connectivity index (χ0v) is 10.7. The number of pyridine rings is 1. The lowest BCUT2D eigenvalue weighted by molar-refractivity contribution is -0.121. The summed E-state index contributed by atoms with van der Waals surface area (Å²) in [4.78, 5) is 19.8. The van der Waals surface area contributed by atoms with E-state index in [1.54, 1.807) is 10.6 Å². The van der Waals surface area contributed by atoms with E-state index in [1.165, 1.54) is 6.20 Å². The van der Waals surface area contributed by atoms with Crippen molar-refractivity contribution in [3.8, 4) is 0 Å². The number of fused-ring (bicyclic) bond motifs is 1. The quantitative estimate of drug-likeness (QED) is 0.871. The second-order valence-corrected chi connectivity index (χ2v) is 4.26. The van der Waals surface area contributed by atoms with Crippen molar-refractivity contribution in [3.63, 3.8) is 0 Å². The van der Waals surface area contributed by atoms with Crippen molar-refractivity contribution in [1.82, 2.24) is 19.9 Å². The summed E-state index contributed by atoms with van der Waals surface area (Å²) in [6, 6.07) is 1.70. The van der Waals surface area contributed by atoms with E-state index in [4.69, 9.17) is 17.3 Å².